The van der Waals surface area contributed by atoms with Crippen LogP contribution in [0.25, 0.3) is 0 Å². The van der Waals surface area contributed by atoms with E-state index in [1.807, 2.05) is 12.2 Å². The molecule has 26 heavy (non-hydrogen) atoms. The number of carbonyl (C=O) groups excluding carboxylic acids is 3. The molecule has 138 valence electrons. The Morgan fingerprint density at radius 3 is 2.31 bits per heavy atom. The van der Waals surface area contributed by atoms with Crippen LogP contribution in [0.3, 0.4) is 0 Å². The van der Waals surface area contributed by atoms with E-state index < -0.39 is 46.8 Å². The molecule has 2 heterocycles. The summed E-state index contributed by atoms with van der Waals surface area (Å²) in [5.74, 6) is -2.42. The number of rotatable bonds is 3. The molecule has 4 rings (SSSR count). The van der Waals surface area contributed by atoms with Gasteiger partial charge in [0.1, 0.15) is 6.04 Å². The first-order valence-electron chi connectivity index (χ1n) is 7.95. The molecular weight excluding hydrogens is 373 g/mol. The van der Waals surface area contributed by atoms with Crippen LogP contribution in [-0.4, -0.2) is 38.9 Å². The number of imide groups is 1. The lowest BCUT2D eigenvalue weighted by Gasteiger charge is -2.23. The number of nitrogens with zero attached hydrogens (tertiary/aromatic N) is 3. The van der Waals surface area contributed by atoms with Gasteiger partial charge in [-0.25, -0.2) is 0 Å². The van der Waals surface area contributed by atoms with Crippen LogP contribution < -0.4 is 5.32 Å². The molecule has 1 saturated carbocycles. The monoisotopic (exact) mass is 386 g/mol. The molecule has 0 aromatic carbocycles. The number of hydrogen-bond acceptors (Lipinski definition) is 6. The molecule has 0 radical (unpaired) electrons. The fourth-order valence-electron chi connectivity index (χ4n) is 4.02. The third-order valence-electron chi connectivity index (χ3n) is 5.17. The van der Waals surface area contributed by atoms with Crippen molar-refractivity contribution in [1.29, 1.82) is 0 Å². The molecule has 2 fully saturated rings. The van der Waals surface area contributed by atoms with Crippen molar-refractivity contribution in [3.63, 3.8) is 0 Å². The van der Waals surface area contributed by atoms with Crippen molar-refractivity contribution in [3.8, 4) is 0 Å². The molecular formula is C15H13F3N4O3S. The molecule has 5 atom stereocenters. The van der Waals surface area contributed by atoms with Gasteiger partial charge in [-0.05, 0) is 25.2 Å². The normalized spacial score (nSPS) is 30.8. The number of alkyl halides is 3. The minimum Gasteiger partial charge on any atom is -0.299 e. The molecule has 1 saturated heterocycles. The first kappa shape index (κ1) is 17.1. The predicted octanol–water partition coefficient (Wildman–Crippen LogP) is 1.69. The lowest BCUT2D eigenvalue weighted by Crippen LogP contribution is -2.46. The van der Waals surface area contributed by atoms with Crippen LogP contribution in [0.1, 0.15) is 18.4 Å². The molecule has 1 aliphatic heterocycles. The van der Waals surface area contributed by atoms with Crippen LogP contribution in [0.4, 0.5) is 18.3 Å². The summed E-state index contributed by atoms with van der Waals surface area (Å²) in [6.07, 6.45) is -0.0145. The number of halogens is 3. The predicted molar refractivity (Wildman–Crippen MR) is 82.6 cm³/mol. The minimum atomic E-state index is -4.66. The second-order valence-corrected chi connectivity index (χ2v) is 7.60. The average Bonchev–Trinajstić information content (AvgIpc) is 3.30. The summed E-state index contributed by atoms with van der Waals surface area (Å²) in [6.45, 7) is 1.37. The van der Waals surface area contributed by atoms with Crippen molar-refractivity contribution in [2.75, 3.05) is 5.32 Å². The van der Waals surface area contributed by atoms with Crippen LogP contribution in [0, 0.1) is 23.7 Å². The molecule has 7 nitrogen and oxygen atoms in total. The summed E-state index contributed by atoms with van der Waals surface area (Å²) in [4.78, 5) is 38.5. The lowest BCUT2D eigenvalue weighted by molar-refractivity contribution is -0.146. The van der Waals surface area contributed by atoms with Crippen molar-refractivity contribution < 1.29 is 27.6 Å². The number of nitrogens with one attached hydrogen (secondary N) is 1. The van der Waals surface area contributed by atoms with Gasteiger partial charge in [-0.3, -0.25) is 24.6 Å². The SMILES string of the molecule is C[C@H](C(=O)Nc1nnc(C(F)(F)F)s1)N1C(=O)[C@H]2[C@H](C1=O)[C@H]1C=C[C@H]2C1. The van der Waals surface area contributed by atoms with Gasteiger partial charge >= 0.3 is 6.18 Å². The molecule has 2 aliphatic carbocycles. The first-order valence-corrected chi connectivity index (χ1v) is 8.77. The van der Waals surface area contributed by atoms with Crippen molar-refractivity contribution in [2.24, 2.45) is 23.7 Å². The Morgan fingerprint density at radius 2 is 1.81 bits per heavy atom. The van der Waals surface area contributed by atoms with Crippen LogP contribution in [0.2, 0.25) is 0 Å². The zero-order valence-corrected chi connectivity index (χ0v) is 14.2. The highest BCUT2D eigenvalue weighted by Gasteiger charge is 2.60. The Bertz CT molecular complexity index is 806. The number of amides is 3. The molecule has 11 heteroatoms. The summed E-state index contributed by atoms with van der Waals surface area (Å²) in [7, 11) is 0. The van der Waals surface area contributed by atoms with Gasteiger partial charge in [0.15, 0.2) is 0 Å². The molecule has 1 N–H and O–H groups in total. The zero-order chi connectivity index (χ0) is 18.8. The number of allylic oxidation sites excluding steroid dienone is 2. The van der Waals surface area contributed by atoms with Crippen molar-refractivity contribution in [3.05, 3.63) is 17.2 Å². The summed E-state index contributed by atoms with van der Waals surface area (Å²) in [5, 5.41) is 6.93. The Balaban J connectivity index is 1.48. The number of likely N-dealkylation sites (tertiary alicyclic amines) is 1. The summed E-state index contributed by atoms with van der Waals surface area (Å²) >= 11 is 0.180. The number of carbonyl (C=O) groups is 3. The fraction of sp³-hybridized carbons (Fsp3) is 0.533. The third-order valence-corrected chi connectivity index (χ3v) is 6.05. The fourth-order valence-corrected chi connectivity index (χ4v) is 4.64. The van der Waals surface area contributed by atoms with Crippen molar-refractivity contribution >= 4 is 34.2 Å². The highest BCUT2D eigenvalue weighted by Crippen LogP contribution is 2.52. The highest BCUT2D eigenvalue weighted by atomic mass is 32.1. The molecule has 3 amide bonds. The van der Waals surface area contributed by atoms with E-state index >= 15 is 0 Å². The van der Waals surface area contributed by atoms with E-state index in [1.54, 1.807) is 0 Å². The highest BCUT2D eigenvalue weighted by molar-refractivity contribution is 7.15. The smallest absolute Gasteiger partial charge is 0.299 e. The van der Waals surface area contributed by atoms with Gasteiger partial charge in [-0.15, -0.1) is 10.2 Å². The average molecular weight is 386 g/mol. The Kier molecular flexibility index (Phi) is 3.69. The lowest BCUT2D eigenvalue weighted by atomic mass is 9.85. The van der Waals surface area contributed by atoms with Gasteiger partial charge in [0.2, 0.25) is 27.9 Å². The van der Waals surface area contributed by atoms with E-state index in [9.17, 15) is 27.6 Å². The van der Waals surface area contributed by atoms with Gasteiger partial charge in [0.25, 0.3) is 0 Å². The van der Waals surface area contributed by atoms with E-state index in [0.717, 1.165) is 11.3 Å². The van der Waals surface area contributed by atoms with Gasteiger partial charge in [0, 0.05) is 0 Å². The Morgan fingerprint density at radius 1 is 1.23 bits per heavy atom. The first-order chi connectivity index (χ1) is 12.2. The molecule has 1 aromatic rings. The quantitative estimate of drug-likeness (QED) is 0.631. The van der Waals surface area contributed by atoms with E-state index in [4.69, 9.17) is 0 Å². The Labute approximate surface area is 149 Å². The number of anilines is 1. The summed E-state index contributed by atoms with van der Waals surface area (Å²) < 4.78 is 37.6. The molecule has 0 unspecified atom stereocenters. The van der Waals surface area contributed by atoms with Crippen LogP contribution >= 0.6 is 11.3 Å². The van der Waals surface area contributed by atoms with E-state index in [-0.39, 0.29) is 28.3 Å². The van der Waals surface area contributed by atoms with E-state index in [0.29, 0.717) is 0 Å². The van der Waals surface area contributed by atoms with E-state index in [1.165, 1.54) is 6.92 Å². The van der Waals surface area contributed by atoms with Gasteiger partial charge in [0.05, 0.1) is 11.8 Å². The number of aromatic nitrogens is 2. The zero-order valence-electron chi connectivity index (χ0n) is 13.4. The second-order valence-electron chi connectivity index (χ2n) is 6.62. The standard InChI is InChI=1S/C15H13F3N4O3S/c1-5(10(23)19-14-21-20-13(26-14)15(16,17)18)22-11(24)8-6-2-3-7(4-6)9(8)12(22)25/h2-3,5-9H,4H2,1H3,(H,19,21,23)/t5-,6+,7+,8-,9-/m1/s1. The number of fused-ring (bicyclic) bond motifs is 5. The molecule has 2 bridgehead atoms. The second kappa shape index (κ2) is 5.60. The van der Waals surface area contributed by atoms with Gasteiger partial charge in [-0.1, -0.05) is 23.5 Å². The maximum atomic E-state index is 12.6. The maximum Gasteiger partial charge on any atom is 0.445 e. The molecule has 3 aliphatic rings. The largest absolute Gasteiger partial charge is 0.445 e. The van der Waals surface area contributed by atoms with Crippen molar-refractivity contribution in [1.82, 2.24) is 15.1 Å². The number of hydrogen-bond donors (Lipinski definition) is 1. The van der Waals surface area contributed by atoms with Crippen molar-refractivity contribution in [2.45, 2.75) is 25.6 Å². The topological polar surface area (TPSA) is 92.3 Å². The molecule has 1 aromatic heterocycles. The molecule has 0 spiro atoms. The van der Waals surface area contributed by atoms with Gasteiger partial charge in [-0.2, -0.15) is 13.2 Å². The summed E-state index contributed by atoms with van der Waals surface area (Å²) in [5.41, 5.74) is 0. The van der Waals surface area contributed by atoms with Crippen LogP contribution in [0.15, 0.2) is 12.2 Å². The summed E-state index contributed by atoms with van der Waals surface area (Å²) in [6, 6.07) is -1.14. The van der Waals surface area contributed by atoms with Gasteiger partial charge < -0.3 is 0 Å². The van der Waals surface area contributed by atoms with Crippen LogP contribution in [-0.2, 0) is 20.6 Å². The van der Waals surface area contributed by atoms with Crippen LogP contribution in [0.5, 0.6) is 0 Å². The Hall–Kier alpha value is -2.30. The van der Waals surface area contributed by atoms with E-state index in [2.05, 4.69) is 15.5 Å². The minimum absolute atomic E-state index is 0.0132. The third kappa shape index (κ3) is 2.44. The maximum absolute atomic E-state index is 12.6.